The zero-order valence-corrected chi connectivity index (χ0v) is 15.8. The molecule has 8 heteroatoms. The minimum Gasteiger partial charge on any atom is -0.285 e. The fourth-order valence-corrected chi connectivity index (χ4v) is 3.85. The van der Waals surface area contributed by atoms with Gasteiger partial charge in [-0.3, -0.25) is 19.8 Å². The standard InChI is InChI=1S/C20H18N4O3S/c1-2-11-23-19(25)18(13-16-9-6-10-17(12-16)24(26)27)28-20(23)22-21-14-15-7-4-3-5-8-15/h2-10,12,14,18H,1,11,13H2/b21-14-,22-20+/t18-/m0/s1. The van der Waals surface area contributed by atoms with Crippen LogP contribution in [0.2, 0.25) is 0 Å². The Balaban J connectivity index is 1.77. The minimum absolute atomic E-state index is 0.0113. The van der Waals surface area contributed by atoms with Gasteiger partial charge in [0.1, 0.15) is 0 Å². The number of hydrogen-bond acceptors (Lipinski definition) is 6. The molecule has 142 valence electrons. The summed E-state index contributed by atoms with van der Waals surface area (Å²) in [6.07, 6.45) is 3.63. The molecule has 0 N–H and O–H groups in total. The molecule has 0 aromatic heterocycles. The Morgan fingerprint density at radius 1 is 1.21 bits per heavy atom. The second-order valence-corrected chi connectivity index (χ2v) is 7.18. The molecule has 0 aliphatic carbocycles. The minimum atomic E-state index is -0.442. The number of non-ortho nitro benzene ring substituents is 1. The van der Waals surface area contributed by atoms with Gasteiger partial charge in [0.2, 0.25) is 5.91 Å². The van der Waals surface area contributed by atoms with E-state index in [4.69, 9.17) is 0 Å². The number of rotatable bonds is 7. The lowest BCUT2D eigenvalue weighted by Crippen LogP contribution is -2.32. The van der Waals surface area contributed by atoms with Crippen LogP contribution in [0.25, 0.3) is 0 Å². The molecule has 28 heavy (non-hydrogen) atoms. The van der Waals surface area contributed by atoms with Crippen molar-refractivity contribution in [2.24, 2.45) is 10.2 Å². The van der Waals surface area contributed by atoms with E-state index in [1.807, 2.05) is 30.3 Å². The quantitative estimate of drug-likeness (QED) is 0.310. The van der Waals surface area contributed by atoms with E-state index in [9.17, 15) is 14.9 Å². The second-order valence-electron chi connectivity index (χ2n) is 6.01. The molecule has 7 nitrogen and oxygen atoms in total. The number of carbonyl (C=O) groups is 1. The van der Waals surface area contributed by atoms with Gasteiger partial charge >= 0.3 is 0 Å². The largest absolute Gasteiger partial charge is 0.285 e. The van der Waals surface area contributed by atoms with Gasteiger partial charge in [-0.2, -0.15) is 5.10 Å². The van der Waals surface area contributed by atoms with Gasteiger partial charge in [0, 0.05) is 18.7 Å². The molecule has 0 unspecified atom stereocenters. The van der Waals surface area contributed by atoms with E-state index < -0.39 is 10.2 Å². The van der Waals surface area contributed by atoms with Gasteiger partial charge in [-0.15, -0.1) is 11.7 Å². The van der Waals surface area contributed by atoms with Crippen LogP contribution in [0.3, 0.4) is 0 Å². The molecule has 1 aliphatic rings. The molecule has 1 atom stereocenters. The monoisotopic (exact) mass is 394 g/mol. The van der Waals surface area contributed by atoms with Gasteiger partial charge < -0.3 is 0 Å². The van der Waals surface area contributed by atoms with Crippen LogP contribution in [0.15, 0.2) is 77.5 Å². The molecule has 0 bridgehead atoms. The Hall–Kier alpha value is -3.26. The van der Waals surface area contributed by atoms with Crippen molar-refractivity contribution >= 4 is 34.7 Å². The third kappa shape index (κ3) is 4.72. The van der Waals surface area contributed by atoms with Gasteiger partial charge in [-0.1, -0.05) is 60.3 Å². The summed E-state index contributed by atoms with van der Waals surface area (Å²) in [4.78, 5) is 24.8. The first kappa shape index (κ1) is 19.5. The molecular weight excluding hydrogens is 376 g/mol. The fourth-order valence-electron chi connectivity index (χ4n) is 2.71. The molecule has 2 aromatic carbocycles. The predicted molar refractivity (Wildman–Crippen MR) is 112 cm³/mol. The molecular formula is C20H18N4O3S. The number of carbonyl (C=O) groups excluding carboxylic acids is 1. The van der Waals surface area contributed by atoms with Crippen LogP contribution in [0, 0.1) is 10.1 Å². The predicted octanol–water partition coefficient (Wildman–Crippen LogP) is 3.66. The molecule has 1 saturated heterocycles. The van der Waals surface area contributed by atoms with Crippen molar-refractivity contribution in [1.82, 2.24) is 4.90 Å². The van der Waals surface area contributed by atoms with E-state index in [-0.39, 0.29) is 11.6 Å². The number of amidine groups is 1. The van der Waals surface area contributed by atoms with Crippen LogP contribution in [0.4, 0.5) is 5.69 Å². The summed E-state index contributed by atoms with van der Waals surface area (Å²) in [6, 6.07) is 15.9. The van der Waals surface area contributed by atoms with Crippen LogP contribution >= 0.6 is 11.8 Å². The third-order valence-corrected chi connectivity index (χ3v) is 5.19. The molecule has 1 amide bonds. The Morgan fingerprint density at radius 3 is 2.71 bits per heavy atom. The SMILES string of the molecule is C=CCN1C(=O)[C@H](Cc2cccc([N+](=O)[O-])c2)S/C1=N/N=C\c1ccccc1. The van der Waals surface area contributed by atoms with Crippen LogP contribution in [-0.4, -0.2) is 38.9 Å². The zero-order valence-electron chi connectivity index (χ0n) is 15.0. The van der Waals surface area contributed by atoms with E-state index in [0.29, 0.717) is 18.1 Å². The lowest BCUT2D eigenvalue weighted by atomic mass is 10.1. The van der Waals surface area contributed by atoms with E-state index >= 15 is 0 Å². The van der Waals surface area contributed by atoms with E-state index in [1.165, 1.54) is 28.8 Å². The van der Waals surface area contributed by atoms with Crippen LogP contribution in [0.5, 0.6) is 0 Å². The topological polar surface area (TPSA) is 88.2 Å². The first-order valence-corrected chi connectivity index (χ1v) is 9.45. The highest BCUT2D eigenvalue weighted by atomic mass is 32.2. The molecule has 0 saturated carbocycles. The van der Waals surface area contributed by atoms with E-state index in [2.05, 4.69) is 16.8 Å². The average Bonchev–Trinajstić information content (AvgIpc) is 2.98. The number of thioether (sulfide) groups is 1. The maximum absolute atomic E-state index is 12.8. The van der Waals surface area contributed by atoms with Gasteiger partial charge in [0.25, 0.3) is 5.69 Å². The first-order valence-electron chi connectivity index (χ1n) is 8.57. The number of nitrogens with zero attached hydrogens (tertiary/aromatic N) is 4. The zero-order chi connectivity index (χ0) is 19.9. The maximum Gasteiger partial charge on any atom is 0.269 e. The number of amides is 1. The summed E-state index contributed by atoms with van der Waals surface area (Å²) in [7, 11) is 0. The third-order valence-electron chi connectivity index (χ3n) is 4.02. The smallest absolute Gasteiger partial charge is 0.269 e. The Morgan fingerprint density at radius 2 is 2.00 bits per heavy atom. The van der Waals surface area contributed by atoms with Gasteiger partial charge in [0.15, 0.2) is 5.17 Å². The number of nitro benzene ring substituents is 1. The summed E-state index contributed by atoms with van der Waals surface area (Å²) in [5, 5.41) is 19.3. The lowest BCUT2D eigenvalue weighted by Gasteiger charge is -2.12. The normalized spacial score (nSPS) is 18.1. The molecule has 1 fully saturated rings. The maximum atomic E-state index is 12.8. The first-order chi connectivity index (χ1) is 13.6. The molecule has 0 radical (unpaired) electrons. The van der Waals surface area contributed by atoms with Crippen molar-refractivity contribution in [2.45, 2.75) is 11.7 Å². The Kier molecular flexibility index (Phi) is 6.33. The highest BCUT2D eigenvalue weighted by molar-refractivity contribution is 8.15. The number of benzene rings is 2. The lowest BCUT2D eigenvalue weighted by molar-refractivity contribution is -0.384. The Bertz CT molecular complexity index is 943. The van der Waals surface area contributed by atoms with Crippen molar-refractivity contribution in [2.75, 3.05) is 6.54 Å². The van der Waals surface area contributed by atoms with Gasteiger partial charge in [0.05, 0.1) is 16.4 Å². The van der Waals surface area contributed by atoms with Gasteiger partial charge in [-0.25, -0.2) is 0 Å². The molecule has 1 heterocycles. The summed E-state index contributed by atoms with van der Waals surface area (Å²) in [5.74, 6) is -0.106. The van der Waals surface area contributed by atoms with Crippen LogP contribution in [-0.2, 0) is 11.2 Å². The van der Waals surface area contributed by atoms with Crippen molar-refractivity contribution < 1.29 is 9.72 Å². The second kappa shape index (κ2) is 9.09. The van der Waals surface area contributed by atoms with Crippen molar-refractivity contribution in [3.05, 3.63) is 88.5 Å². The fraction of sp³-hybridized carbons (Fsp3) is 0.150. The highest BCUT2D eigenvalue weighted by Crippen LogP contribution is 2.30. The Labute approximate surface area is 166 Å². The highest BCUT2D eigenvalue weighted by Gasteiger charge is 2.37. The average molecular weight is 394 g/mol. The molecule has 3 rings (SSSR count). The number of hydrogen-bond donors (Lipinski definition) is 0. The van der Waals surface area contributed by atoms with Crippen LogP contribution in [0.1, 0.15) is 11.1 Å². The van der Waals surface area contributed by atoms with Crippen molar-refractivity contribution in [3.8, 4) is 0 Å². The molecule has 1 aliphatic heterocycles. The summed E-state index contributed by atoms with van der Waals surface area (Å²) >= 11 is 1.31. The van der Waals surface area contributed by atoms with Crippen molar-refractivity contribution in [1.29, 1.82) is 0 Å². The van der Waals surface area contributed by atoms with E-state index in [1.54, 1.807) is 24.4 Å². The van der Waals surface area contributed by atoms with Gasteiger partial charge in [-0.05, 0) is 17.5 Å². The molecule has 2 aromatic rings. The van der Waals surface area contributed by atoms with Crippen molar-refractivity contribution in [3.63, 3.8) is 0 Å². The summed E-state index contributed by atoms with van der Waals surface area (Å²) in [5.41, 5.74) is 1.65. The molecule has 0 spiro atoms. The summed E-state index contributed by atoms with van der Waals surface area (Å²) in [6.45, 7) is 4.02. The summed E-state index contributed by atoms with van der Waals surface area (Å²) < 4.78 is 0. The number of nitro groups is 1. The van der Waals surface area contributed by atoms with Crippen LogP contribution < -0.4 is 0 Å². The van der Waals surface area contributed by atoms with E-state index in [0.717, 1.165) is 11.1 Å².